The van der Waals surface area contributed by atoms with Crippen molar-refractivity contribution in [2.75, 3.05) is 25.1 Å². The summed E-state index contributed by atoms with van der Waals surface area (Å²) in [6, 6.07) is 1.09. The zero-order valence-corrected chi connectivity index (χ0v) is 30.1. The molecule has 19 heteroatoms. The number of oxime groups is 1. The van der Waals surface area contributed by atoms with Crippen LogP contribution in [0.2, 0.25) is 0 Å². The van der Waals surface area contributed by atoms with Gasteiger partial charge in [0.15, 0.2) is 33.8 Å². The maximum absolute atomic E-state index is 13.6. The molecule has 6 atom stereocenters. The standard InChI is InChI=1S/C33H38N6O11S2/c1-33(2,31(47)48)50-36-26(20-14-52-32(34)35-20)24(42)9-19-28(44)38-27(30(45)46)16(13-51-29(19)38)12-39(3)17-4-5-18(39)7-15(6-17)8-22(40)21-10-23(41)25(43)11-37(21)49/h10-11,14-15,17-19,29,49H,4-9,12-13H2,1-3H3,(H4-,34,35,43,45,46,47,48)/p-1/b36-26-/t15?,17-,18+,19-,29-,39?/m1/s1. The third kappa shape index (κ3) is 6.67. The fraction of sp³-hybridized carbons (Fsp3) is 0.515. The second-order valence-electron chi connectivity index (χ2n) is 14.4. The number of nitrogens with two attached hydrogens (primary N) is 1. The van der Waals surface area contributed by atoms with E-state index in [1.54, 1.807) is 0 Å². The topological polar surface area (TPSA) is 258 Å². The molecule has 6 rings (SSSR count). The predicted octanol–water partition coefficient (Wildman–Crippen LogP) is -0.766. The summed E-state index contributed by atoms with van der Waals surface area (Å²) in [6.07, 6.45) is 3.52. The second kappa shape index (κ2) is 13.7. The van der Waals surface area contributed by atoms with E-state index in [0.717, 1.165) is 36.4 Å². The monoisotopic (exact) mass is 757 g/mol. The molecule has 0 saturated carbocycles. The average Bonchev–Trinajstić information content (AvgIpc) is 3.53. The van der Waals surface area contributed by atoms with E-state index in [1.807, 2.05) is 0 Å². The van der Waals surface area contributed by atoms with E-state index in [-0.39, 0.29) is 64.5 Å². The Morgan fingerprint density at radius 3 is 2.42 bits per heavy atom. The number of hydrogen-bond acceptors (Lipinski definition) is 16. The number of anilines is 1. The Bertz CT molecular complexity index is 1970. The van der Waals surface area contributed by atoms with Gasteiger partial charge in [0.05, 0.1) is 54.3 Å². The second-order valence-corrected chi connectivity index (χ2v) is 16.4. The van der Waals surface area contributed by atoms with Crippen LogP contribution in [-0.2, 0) is 24.0 Å². The number of carboxylic acids is 2. The number of piperidine rings is 1. The molecule has 4 aliphatic rings. The summed E-state index contributed by atoms with van der Waals surface area (Å²) in [7, 11) is 2.05. The number of carbonyl (C=O) groups excluding carboxylic acids is 5. The minimum atomic E-state index is -1.88. The zero-order chi connectivity index (χ0) is 37.9. The number of amides is 1. The number of carbonyl (C=O) groups is 5. The predicted molar refractivity (Wildman–Crippen MR) is 181 cm³/mol. The molecule has 0 radical (unpaired) electrons. The van der Waals surface area contributed by atoms with Gasteiger partial charge in [0.25, 0.3) is 0 Å². The van der Waals surface area contributed by atoms with Crippen LogP contribution < -0.4 is 21.4 Å². The van der Waals surface area contributed by atoms with Crippen molar-refractivity contribution in [1.29, 1.82) is 0 Å². The number of carboxylic acid groups (broad SMARTS) is 2. The van der Waals surface area contributed by atoms with Gasteiger partial charge in [0.2, 0.25) is 11.3 Å². The number of ketones is 2. The van der Waals surface area contributed by atoms with E-state index in [1.165, 1.54) is 35.9 Å². The number of likely N-dealkylation sites (N-methyl/N-ethyl adjacent to an activating group) is 1. The number of Topliss-reactive ketones (excluding diaryl/α,β-unsaturated/α-hetero) is 2. The third-order valence-electron chi connectivity index (χ3n) is 10.7. The molecule has 2 unspecified atom stereocenters. The lowest BCUT2D eigenvalue weighted by molar-refractivity contribution is -0.945. The van der Waals surface area contributed by atoms with Crippen LogP contribution in [0.15, 0.2) is 38.9 Å². The summed E-state index contributed by atoms with van der Waals surface area (Å²) in [5.74, 6) is -6.09. The van der Waals surface area contributed by atoms with Crippen molar-refractivity contribution in [2.45, 2.75) is 75.4 Å². The van der Waals surface area contributed by atoms with Crippen LogP contribution in [0.4, 0.5) is 5.13 Å². The lowest BCUT2D eigenvalue weighted by Gasteiger charge is -2.53. The average molecular weight is 758 g/mol. The van der Waals surface area contributed by atoms with Crippen molar-refractivity contribution < 1.29 is 53.8 Å². The number of aromatic hydroxyl groups is 1. The summed E-state index contributed by atoms with van der Waals surface area (Å²) >= 11 is 2.36. The maximum Gasteiger partial charge on any atom is 0.234 e. The Morgan fingerprint density at radius 1 is 1.15 bits per heavy atom. The highest BCUT2D eigenvalue weighted by molar-refractivity contribution is 8.00. The van der Waals surface area contributed by atoms with Gasteiger partial charge in [-0.2, -0.15) is 4.73 Å². The molecule has 1 amide bonds. The van der Waals surface area contributed by atoms with Crippen molar-refractivity contribution in [3.05, 3.63) is 50.5 Å². The third-order valence-corrected chi connectivity index (χ3v) is 12.7. The van der Waals surface area contributed by atoms with E-state index >= 15 is 0 Å². The first-order chi connectivity index (χ1) is 24.4. The van der Waals surface area contributed by atoms with Gasteiger partial charge in [-0.15, -0.1) is 23.1 Å². The number of hydrogen-bond donors (Lipinski definition) is 3. The Kier molecular flexibility index (Phi) is 9.73. The maximum atomic E-state index is 13.6. The molecule has 2 aromatic rings. The first-order valence-corrected chi connectivity index (χ1v) is 18.5. The van der Waals surface area contributed by atoms with Crippen LogP contribution in [0.25, 0.3) is 0 Å². The summed E-state index contributed by atoms with van der Waals surface area (Å²) in [5.41, 5.74) is 2.91. The van der Waals surface area contributed by atoms with Gasteiger partial charge in [-0.3, -0.25) is 24.1 Å². The zero-order valence-electron chi connectivity index (χ0n) is 28.5. The molecule has 3 fully saturated rings. The van der Waals surface area contributed by atoms with Crippen molar-refractivity contribution in [3.63, 3.8) is 0 Å². The van der Waals surface area contributed by atoms with E-state index < -0.39 is 57.5 Å². The summed E-state index contributed by atoms with van der Waals surface area (Å²) in [6.45, 7) is 2.72. The molecule has 6 heterocycles. The van der Waals surface area contributed by atoms with E-state index in [4.69, 9.17) is 10.6 Å². The number of rotatable bonds is 13. The first-order valence-electron chi connectivity index (χ1n) is 16.5. The number of thiazole rings is 1. The van der Waals surface area contributed by atoms with Crippen LogP contribution in [0.1, 0.15) is 68.6 Å². The van der Waals surface area contributed by atoms with Crippen LogP contribution >= 0.6 is 23.1 Å². The summed E-state index contributed by atoms with van der Waals surface area (Å²) in [4.78, 5) is 86.4. The highest BCUT2D eigenvalue weighted by atomic mass is 32.2. The molecular weight excluding hydrogens is 721 g/mol. The minimum absolute atomic E-state index is 0.0351. The largest absolute Gasteiger partial charge is 0.546 e. The fourth-order valence-electron chi connectivity index (χ4n) is 7.84. The molecule has 17 nitrogen and oxygen atoms in total. The van der Waals surface area contributed by atoms with E-state index in [2.05, 4.69) is 17.2 Å². The molecule has 4 aliphatic heterocycles. The van der Waals surface area contributed by atoms with Gasteiger partial charge < -0.3 is 45.2 Å². The van der Waals surface area contributed by atoms with Gasteiger partial charge >= 0.3 is 0 Å². The van der Waals surface area contributed by atoms with Crippen LogP contribution in [0.5, 0.6) is 5.75 Å². The molecular formula is C33H37N6O11S2-. The lowest BCUT2D eigenvalue weighted by atomic mass is 9.84. The molecule has 3 saturated heterocycles. The van der Waals surface area contributed by atoms with E-state index in [9.17, 15) is 49.3 Å². The number of pyridine rings is 1. The number of fused-ring (bicyclic) bond motifs is 3. The Labute approximate surface area is 304 Å². The number of aromatic nitrogens is 2. The normalized spacial score (nSPS) is 27.2. The molecule has 52 heavy (non-hydrogen) atoms. The molecule has 0 spiro atoms. The van der Waals surface area contributed by atoms with Crippen molar-refractivity contribution in [1.82, 2.24) is 14.6 Å². The number of nitrogen functional groups attached to an aromatic ring is 1. The molecule has 0 aromatic carbocycles. The van der Waals surface area contributed by atoms with Gasteiger partial charge in [0.1, 0.15) is 17.9 Å². The molecule has 4 N–H and O–H groups in total. The van der Waals surface area contributed by atoms with Crippen LogP contribution in [0.3, 0.4) is 0 Å². The fourth-order valence-corrected chi connectivity index (χ4v) is 9.79. The minimum Gasteiger partial charge on any atom is -0.546 e. The van der Waals surface area contributed by atoms with Gasteiger partial charge in [-0.05, 0) is 19.8 Å². The molecule has 2 bridgehead atoms. The summed E-state index contributed by atoms with van der Waals surface area (Å²) in [5, 5.41) is 48.3. The Morgan fingerprint density at radius 2 is 1.83 bits per heavy atom. The van der Waals surface area contributed by atoms with Crippen LogP contribution in [0, 0.1) is 11.8 Å². The van der Waals surface area contributed by atoms with Crippen molar-refractivity contribution >= 4 is 63.4 Å². The van der Waals surface area contributed by atoms with Gasteiger partial charge in [0, 0.05) is 61.3 Å². The molecule has 278 valence electrons. The highest BCUT2D eigenvalue weighted by Crippen LogP contribution is 2.49. The smallest absolute Gasteiger partial charge is 0.234 e. The van der Waals surface area contributed by atoms with Gasteiger partial charge in [-0.25, -0.2) is 4.98 Å². The number of thioether (sulfide) groups is 1. The first kappa shape index (κ1) is 37.0. The van der Waals surface area contributed by atoms with Crippen LogP contribution in [-0.4, -0.2) is 107 Å². The number of nitrogens with zero attached hydrogens (tertiary/aromatic N) is 5. The van der Waals surface area contributed by atoms with Gasteiger partial charge in [-0.1, -0.05) is 5.16 Å². The Hall–Kier alpha value is -4.75. The quantitative estimate of drug-likeness (QED) is 0.0567. The number of β-lactam (4-membered cyclic amide) rings is 1. The van der Waals surface area contributed by atoms with E-state index in [0.29, 0.717) is 34.2 Å². The SMILES string of the molecule is CC(C)(O/N=C(\C(=O)C[C@@H]1C(=O)N2C(C(=O)[O-])=C(C[N+]3(C)[C@@H]4CC[C@H]3CC(CC(=O)c3cc(=O)c(O)cn3O)C4)CS[C@H]12)c1csc(N)n1)C(=O)[O-]. The Balaban J connectivity index is 1.16. The number of quaternary nitrogens is 1. The van der Waals surface area contributed by atoms with Crippen molar-refractivity contribution in [2.24, 2.45) is 17.0 Å². The number of aliphatic carboxylic acids is 2. The highest BCUT2D eigenvalue weighted by Gasteiger charge is 2.56. The lowest BCUT2D eigenvalue weighted by Crippen LogP contribution is -2.64. The summed E-state index contributed by atoms with van der Waals surface area (Å²) < 4.78 is 0.976. The molecule has 0 aliphatic carbocycles. The van der Waals surface area contributed by atoms with Crippen molar-refractivity contribution in [3.8, 4) is 5.75 Å². The molecule has 2 aromatic heterocycles.